The van der Waals surface area contributed by atoms with E-state index in [2.05, 4.69) is 75.6 Å². The third-order valence-corrected chi connectivity index (χ3v) is 5.93. The SMILES string of the molecule is C/C(=C(Br)\N=C(/C)c1cn2cc(C)nc2nc1C(C)C)C1CC1.CCC(C)C. The summed E-state index contributed by atoms with van der Waals surface area (Å²) in [4.78, 5) is 14.0. The lowest BCUT2D eigenvalue weighted by Crippen LogP contribution is -2.08. The van der Waals surface area contributed by atoms with Gasteiger partial charge in [-0.05, 0) is 72.9 Å². The van der Waals surface area contributed by atoms with E-state index in [4.69, 9.17) is 9.98 Å². The summed E-state index contributed by atoms with van der Waals surface area (Å²) >= 11 is 3.65. The minimum absolute atomic E-state index is 0.324. The number of imidazole rings is 1. The molecular formula is C23H35BrN4. The van der Waals surface area contributed by atoms with E-state index in [0.717, 1.165) is 39.0 Å². The van der Waals surface area contributed by atoms with E-state index in [0.29, 0.717) is 11.8 Å². The lowest BCUT2D eigenvalue weighted by atomic mass is 10.0. The van der Waals surface area contributed by atoms with E-state index in [-0.39, 0.29) is 0 Å². The van der Waals surface area contributed by atoms with Gasteiger partial charge < -0.3 is 0 Å². The van der Waals surface area contributed by atoms with Gasteiger partial charge in [-0.2, -0.15) is 0 Å². The zero-order valence-corrected chi connectivity index (χ0v) is 20.3. The van der Waals surface area contributed by atoms with Crippen LogP contribution >= 0.6 is 15.9 Å². The first-order chi connectivity index (χ1) is 13.1. The smallest absolute Gasteiger partial charge is 0.234 e. The molecule has 0 aromatic carbocycles. The molecule has 1 aliphatic rings. The maximum Gasteiger partial charge on any atom is 0.234 e. The van der Waals surface area contributed by atoms with E-state index >= 15 is 0 Å². The van der Waals surface area contributed by atoms with Crippen LogP contribution in [0.25, 0.3) is 5.78 Å². The Kier molecular flexibility index (Phi) is 7.99. The fourth-order valence-electron chi connectivity index (χ4n) is 2.75. The summed E-state index contributed by atoms with van der Waals surface area (Å²) < 4.78 is 2.95. The van der Waals surface area contributed by atoms with Gasteiger partial charge in [0.15, 0.2) is 0 Å². The van der Waals surface area contributed by atoms with Crippen LogP contribution in [0.3, 0.4) is 0 Å². The summed E-state index contributed by atoms with van der Waals surface area (Å²) in [6.07, 6.45) is 7.98. The van der Waals surface area contributed by atoms with E-state index < -0.39 is 0 Å². The molecule has 0 saturated heterocycles. The Morgan fingerprint density at radius 3 is 2.29 bits per heavy atom. The van der Waals surface area contributed by atoms with E-state index in [1.54, 1.807) is 0 Å². The van der Waals surface area contributed by atoms with Crippen LogP contribution in [-0.2, 0) is 0 Å². The van der Waals surface area contributed by atoms with Gasteiger partial charge in [-0.25, -0.2) is 15.0 Å². The third kappa shape index (κ3) is 6.00. The Bertz CT molecular complexity index is 870. The van der Waals surface area contributed by atoms with E-state index in [9.17, 15) is 0 Å². The molecule has 1 fully saturated rings. The molecule has 5 heteroatoms. The van der Waals surface area contributed by atoms with Gasteiger partial charge in [0.05, 0.1) is 11.4 Å². The summed E-state index contributed by atoms with van der Waals surface area (Å²) in [7, 11) is 0. The van der Waals surface area contributed by atoms with Crippen molar-refractivity contribution in [2.75, 3.05) is 0 Å². The molecule has 0 amide bonds. The topological polar surface area (TPSA) is 42.5 Å². The van der Waals surface area contributed by atoms with Crippen molar-refractivity contribution in [2.45, 2.75) is 80.6 Å². The summed E-state index contributed by atoms with van der Waals surface area (Å²) in [6.45, 7) is 17.2. The number of allylic oxidation sites excluding steroid dienone is 1. The molecule has 4 nitrogen and oxygen atoms in total. The van der Waals surface area contributed by atoms with Crippen molar-refractivity contribution in [1.29, 1.82) is 0 Å². The van der Waals surface area contributed by atoms with Crippen LogP contribution in [0.4, 0.5) is 0 Å². The van der Waals surface area contributed by atoms with Gasteiger partial charge in [0.2, 0.25) is 5.78 Å². The van der Waals surface area contributed by atoms with Crippen molar-refractivity contribution in [3.63, 3.8) is 0 Å². The highest BCUT2D eigenvalue weighted by Crippen LogP contribution is 2.39. The van der Waals surface area contributed by atoms with Crippen molar-refractivity contribution in [3.05, 3.63) is 39.5 Å². The molecule has 0 N–H and O–H groups in total. The summed E-state index contributed by atoms with van der Waals surface area (Å²) in [5.74, 6) is 2.67. The minimum atomic E-state index is 0.324. The van der Waals surface area contributed by atoms with Crippen LogP contribution in [0.1, 0.15) is 90.6 Å². The van der Waals surface area contributed by atoms with Crippen molar-refractivity contribution in [1.82, 2.24) is 14.4 Å². The van der Waals surface area contributed by atoms with Crippen LogP contribution in [0.15, 0.2) is 27.6 Å². The standard InChI is InChI=1S/C18H23BrN4.C5H12/c1-10(2)16-15(9-23-8-11(3)20-18(23)22-16)13(5)21-17(19)12(4)14-6-7-14;1-4-5(2)3/h8-10,14H,6-7H2,1-5H3;5H,4H2,1-3H3/b17-12+,21-13+;. The Hall–Kier alpha value is -1.49. The molecule has 0 radical (unpaired) electrons. The third-order valence-electron chi connectivity index (χ3n) is 5.13. The molecule has 2 heterocycles. The monoisotopic (exact) mass is 446 g/mol. The highest BCUT2D eigenvalue weighted by molar-refractivity contribution is 9.11. The highest BCUT2D eigenvalue weighted by Gasteiger charge is 2.25. The van der Waals surface area contributed by atoms with E-state index in [1.807, 2.05) is 17.5 Å². The largest absolute Gasteiger partial charge is 0.290 e. The molecule has 28 heavy (non-hydrogen) atoms. The van der Waals surface area contributed by atoms with Gasteiger partial charge in [-0.15, -0.1) is 0 Å². The van der Waals surface area contributed by atoms with Crippen LogP contribution in [0, 0.1) is 18.8 Å². The molecule has 3 rings (SSSR count). The van der Waals surface area contributed by atoms with Gasteiger partial charge >= 0.3 is 0 Å². The first-order valence-corrected chi connectivity index (χ1v) is 11.2. The van der Waals surface area contributed by atoms with Crippen LogP contribution in [-0.4, -0.2) is 20.1 Å². The van der Waals surface area contributed by atoms with Gasteiger partial charge in [-0.3, -0.25) is 4.40 Å². The number of rotatable bonds is 5. The van der Waals surface area contributed by atoms with Crippen LogP contribution in [0.5, 0.6) is 0 Å². The first kappa shape index (κ1) is 22.8. The number of hydrogen-bond acceptors (Lipinski definition) is 3. The minimum Gasteiger partial charge on any atom is -0.290 e. The molecule has 1 aliphatic carbocycles. The predicted molar refractivity (Wildman–Crippen MR) is 124 cm³/mol. The molecule has 0 atom stereocenters. The van der Waals surface area contributed by atoms with Gasteiger partial charge in [0.1, 0.15) is 4.61 Å². The normalized spacial score (nSPS) is 15.8. The molecule has 2 aromatic rings. The Balaban J connectivity index is 0.000000500. The summed E-state index contributed by atoms with van der Waals surface area (Å²) in [6, 6.07) is 0. The molecule has 0 bridgehead atoms. The van der Waals surface area contributed by atoms with Crippen molar-refractivity contribution < 1.29 is 0 Å². The zero-order chi connectivity index (χ0) is 21.0. The van der Waals surface area contributed by atoms with Gasteiger partial charge in [-0.1, -0.05) is 41.0 Å². The predicted octanol–water partition coefficient (Wildman–Crippen LogP) is 7.06. The second-order valence-corrected chi connectivity index (χ2v) is 9.28. The number of aromatic nitrogens is 3. The second kappa shape index (κ2) is 9.82. The number of halogens is 1. The molecule has 0 spiro atoms. The van der Waals surface area contributed by atoms with Crippen molar-refractivity contribution in [2.24, 2.45) is 16.8 Å². The van der Waals surface area contributed by atoms with Crippen molar-refractivity contribution >= 4 is 27.4 Å². The summed E-state index contributed by atoms with van der Waals surface area (Å²) in [5, 5.41) is 0. The molecule has 154 valence electrons. The molecule has 0 unspecified atom stereocenters. The maximum absolute atomic E-state index is 4.80. The van der Waals surface area contributed by atoms with Crippen LogP contribution in [0.2, 0.25) is 0 Å². The quantitative estimate of drug-likeness (QED) is 0.364. The van der Waals surface area contributed by atoms with E-state index in [1.165, 1.54) is 24.8 Å². The lowest BCUT2D eigenvalue weighted by Gasteiger charge is -2.12. The highest BCUT2D eigenvalue weighted by atomic mass is 79.9. The molecular weight excluding hydrogens is 412 g/mol. The van der Waals surface area contributed by atoms with Crippen LogP contribution < -0.4 is 0 Å². The number of aryl methyl sites for hydroxylation is 1. The number of nitrogens with zero attached hydrogens (tertiary/aromatic N) is 4. The second-order valence-electron chi connectivity index (χ2n) is 8.53. The Labute approximate surface area is 178 Å². The molecule has 0 aliphatic heterocycles. The molecule has 1 saturated carbocycles. The number of fused-ring (bicyclic) bond motifs is 1. The maximum atomic E-state index is 4.80. The fraction of sp³-hybridized carbons (Fsp3) is 0.609. The Morgan fingerprint density at radius 1 is 1.18 bits per heavy atom. The zero-order valence-electron chi connectivity index (χ0n) is 18.7. The number of hydrogen-bond donors (Lipinski definition) is 0. The van der Waals surface area contributed by atoms with Crippen molar-refractivity contribution in [3.8, 4) is 0 Å². The average molecular weight is 447 g/mol. The first-order valence-electron chi connectivity index (χ1n) is 10.4. The molecule has 2 aromatic heterocycles. The Morgan fingerprint density at radius 2 is 1.79 bits per heavy atom. The lowest BCUT2D eigenvalue weighted by molar-refractivity contribution is 0.626. The fourth-order valence-corrected chi connectivity index (χ4v) is 3.34. The van der Waals surface area contributed by atoms with Gasteiger partial charge in [0.25, 0.3) is 0 Å². The average Bonchev–Trinajstić information content (AvgIpc) is 3.41. The number of aliphatic imine (C=N–C) groups is 1. The van der Waals surface area contributed by atoms with Gasteiger partial charge in [0, 0.05) is 23.7 Å². The summed E-state index contributed by atoms with van der Waals surface area (Å²) in [5.41, 5.74) is 5.45.